The van der Waals surface area contributed by atoms with Crippen LogP contribution in [0.1, 0.15) is 18.5 Å². The molecule has 0 atom stereocenters. The van der Waals surface area contributed by atoms with Crippen LogP contribution in [0.2, 0.25) is 0 Å². The molecule has 1 fully saturated rings. The van der Waals surface area contributed by atoms with Gasteiger partial charge in [-0.05, 0) is 25.2 Å². The molecule has 0 aliphatic carbocycles. The maximum absolute atomic E-state index is 11.8. The molecule has 3 rings (SSSR count). The number of carbonyl (C=O) groups excluding carboxylic acids is 1. The van der Waals surface area contributed by atoms with Gasteiger partial charge >= 0.3 is 0 Å². The van der Waals surface area contributed by atoms with Gasteiger partial charge in [0.2, 0.25) is 5.91 Å². The predicted octanol–water partition coefficient (Wildman–Crippen LogP) is 2.03. The summed E-state index contributed by atoms with van der Waals surface area (Å²) in [6.45, 7) is 1.76. The van der Waals surface area contributed by atoms with Gasteiger partial charge in [0.05, 0.1) is 16.1 Å². The summed E-state index contributed by atoms with van der Waals surface area (Å²) < 4.78 is 4.92. The number of likely N-dealkylation sites (tertiary alicyclic amines) is 1. The van der Waals surface area contributed by atoms with Gasteiger partial charge in [-0.2, -0.15) is 0 Å². The molecule has 0 aromatic carbocycles. The molecular formula is C16H20N4O2S. The number of methoxy groups -OCH3 is 1. The highest BCUT2D eigenvalue weighted by Gasteiger charge is 2.24. The van der Waals surface area contributed by atoms with E-state index in [9.17, 15) is 4.79 Å². The summed E-state index contributed by atoms with van der Waals surface area (Å²) in [6, 6.07) is 0. The molecule has 0 saturated carbocycles. The average Bonchev–Trinajstić information content (AvgIpc) is 3.10. The molecule has 0 bridgehead atoms. The lowest BCUT2D eigenvalue weighted by atomic mass is 9.91. The van der Waals surface area contributed by atoms with Crippen LogP contribution in [0.4, 0.5) is 0 Å². The first kappa shape index (κ1) is 16.0. The third-order valence-corrected chi connectivity index (χ3v) is 4.94. The second-order valence-electron chi connectivity index (χ2n) is 5.68. The van der Waals surface area contributed by atoms with E-state index in [1.54, 1.807) is 30.8 Å². The second-order valence-corrected chi connectivity index (χ2v) is 6.56. The van der Waals surface area contributed by atoms with Gasteiger partial charge in [0.15, 0.2) is 0 Å². The van der Waals surface area contributed by atoms with Crippen molar-refractivity contribution >= 4 is 17.2 Å². The van der Waals surface area contributed by atoms with Gasteiger partial charge in [-0.3, -0.25) is 19.7 Å². The average molecular weight is 332 g/mol. The summed E-state index contributed by atoms with van der Waals surface area (Å²) in [5, 5.41) is 0. The lowest BCUT2D eigenvalue weighted by Crippen LogP contribution is -2.40. The lowest BCUT2D eigenvalue weighted by molar-refractivity contribution is -0.136. The molecule has 1 aliphatic rings. The van der Waals surface area contributed by atoms with E-state index < -0.39 is 0 Å². The molecule has 1 saturated heterocycles. The fourth-order valence-corrected chi connectivity index (χ4v) is 3.57. The number of ether oxygens (including phenoxy) is 1. The van der Waals surface area contributed by atoms with E-state index in [4.69, 9.17) is 4.74 Å². The number of nitrogens with zero attached hydrogens (tertiary/aromatic N) is 4. The molecule has 0 radical (unpaired) electrons. The van der Waals surface area contributed by atoms with E-state index in [0.29, 0.717) is 5.92 Å². The van der Waals surface area contributed by atoms with E-state index in [2.05, 4.69) is 15.0 Å². The van der Waals surface area contributed by atoms with Gasteiger partial charge in [-0.1, -0.05) is 0 Å². The number of piperidine rings is 1. The van der Waals surface area contributed by atoms with Gasteiger partial charge in [-0.25, -0.2) is 0 Å². The van der Waals surface area contributed by atoms with Crippen molar-refractivity contribution in [3.63, 3.8) is 0 Å². The Hall–Kier alpha value is -1.86. The third kappa shape index (κ3) is 3.92. The SMILES string of the molecule is COCC(=O)N1CCC(Cc2nccnc2-c2cncs2)CC1. The summed E-state index contributed by atoms with van der Waals surface area (Å²) in [5.41, 5.74) is 3.78. The fourth-order valence-electron chi connectivity index (χ4n) is 2.93. The zero-order chi connectivity index (χ0) is 16.1. The molecule has 23 heavy (non-hydrogen) atoms. The van der Waals surface area contributed by atoms with E-state index in [0.717, 1.165) is 48.6 Å². The van der Waals surface area contributed by atoms with Gasteiger partial charge in [0.25, 0.3) is 0 Å². The quantitative estimate of drug-likeness (QED) is 0.838. The summed E-state index contributed by atoms with van der Waals surface area (Å²) >= 11 is 1.58. The van der Waals surface area contributed by atoms with Crippen molar-refractivity contribution in [1.29, 1.82) is 0 Å². The Morgan fingerprint density at radius 3 is 2.83 bits per heavy atom. The zero-order valence-electron chi connectivity index (χ0n) is 13.1. The Bertz CT molecular complexity index is 639. The Morgan fingerprint density at radius 1 is 1.35 bits per heavy atom. The minimum absolute atomic E-state index is 0.0794. The number of rotatable bonds is 5. The van der Waals surface area contributed by atoms with E-state index in [1.807, 2.05) is 16.6 Å². The van der Waals surface area contributed by atoms with Crippen molar-refractivity contribution in [2.45, 2.75) is 19.3 Å². The number of aromatic nitrogens is 3. The van der Waals surface area contributed by atoms with Crippen LogP contribution in [0.25, 0.3) is 10.6 Å². The fraction of sp³-hybridized carbons (Fsp3) is 0.500. The van der Waals surface area contributed by atoms with Crippen molar-refractivity contribution in [1.82, 2.24) is 19.9 Å². The van der Waals surface area contributed by atoms with Crippen LogP contribution in [-0.2, 0) is 16.0 Å². The van der Waals surface area contributed by atoms with E-state index >= 15 is 0 Å². The van der Waals surface area contributed by atoms with Crippen molar-refractivity contribution < 1.29 is 9.53 Å². The number of amides is 1. The Kier molecular flexibility index (Phi) is 5.30. The monoisotopic (exact) mass is 332 g/mol. The molecule has 122 valence electrons. The molecule has 2 aromatic heterocycles. The molecule has 3 heterocycles. The van der Waals surface area contributed by atoms with Gasteiger partial charge in [-0.15, -0.1) is 11.3 Å². The van der Waals surface area contributed by atoms with E-state index in [1.165, 1.54) is 0 Å². The number of carbonyl (C=O) groups is 1. The highest BCUT2D eigenvalue weighted by molar-refractivity contribution is 7.13. The van der Waals surface area contributed by atoms with Gasteiger partial charge < -0.3 is 9.64 Å². The second kappa shape index (κ2) is 7.61. The van der Waals surface area contributed by atoms with Crippen LogP contribution >= 0.6 is 11.3 Å². The number of hydrogen-bond donors (Lipinski definition) is 0. The highest BCUT2D eigenvalue weighted by atomic mass is 32.1. The Labute approximate surface area is 139 Å². The predicted molar refractivity (Wildman–Crippen MR) is 88.0 cm³/mol. The molecule has 1 amide bonds. The zero-order valence-corrected chi connectivity index (χ0v) is 14.0. The maximum Gasteiger partial charge on any atom is 0.248 e. The molecule has 0 unspecified atom stereocenters. The van der Waals surface area contributed by atoms with Crippen molar-refractivity contribution in [3.8, 4) is 10.6 Å². The van der Waals surface area contributed by atoms with E-state index in [-0.39, 0.29) is 12.5 Å². The maximum atomic E-state index is 11.8. The van der Waals surface area contributed by atoms with Crippen LogP contribution in [0, 0.1) is 5.92 Å². The minimum Gasteiger partial charge on any atom is -0.375 e. The lowest BCUT2D eigenvalue weighted by Gasteiger charge is -2.31. The standard InChI is InChI=1S/C16H20N4O2S/c1-22-10-15(21)20-6-2-12(3-7-20)8-13-16(19-5-4-18-13)14-9-17-11-23-14/h4-5,9,11-12H,2-3,6-8,10H2,1H3. The van der Waals surface area contributed by atoms with Crippen LogP contribution in [0.3, 0.4) is 0 Å². The van der Waals surface area contributed by atoms with Crippen molar-refractivity contribution in [2.24, 2.45) is 5.92 Å². The number of thiazole rings is 1. The third-order valence-electron chi connectivity index (χ3n) is 4.16. The van der Waals surface area contributed by atoms with Crippen molar-refractivity contribution in [3.05, 3.63) is 29.8 Å². The molecule has 2 aromatic rings. The summed E-state index contributed by atoms with van der Waals surface area (Å²) in [5.74, 6) is 0.612. The first-order valence-corrected chi connectivity index (χ1v) is 8.61. The van der Waals surface area contributed by atoms with Gasteiger partial charge in [0, 0.05) is 38.8 Å². The highest BCUT2D eigenvalue weighted by Crippen LogP contribution is 2.28. The summed E-state index contributed by atoms with van der Waals surface area (Å²) in [7, 11) is 1.56. The van der Waals surface area contributed by atoms with Crippen LogP contribution in [0.15, 0.2) is 24.1 Å². The normalized spacial score (nSPS) is 15.8. The molecular weight excluding hydrogens is 312 g/mol. The van der Waals surface area contributed by atoms with Crippen LogP contribution in [0.5, 0.6) is 0 Å². The largest absolute Gasteiger partial charge is 0.375 e. The first-order valence-electron chi connectivity index (χ1n) is 7.73. The molecule has 6 nitrogen and oxygen atoms in total. The topological polar surface area (TPSA) is 68.2 Å². The summed E-state index contributed by atoms with van der Waals surface area (Å²) in [4.78, 5) is 27.9. The smallest absolute Gasteiger partial charge is 0.248 e. The van der Waals surface area contributed by atoms with Crippen LogP contribution in [-0.4, -0.2) is 52.6 Å². The molecule has 1 aliphatic heterocycles. The minimum atomic E-state index is 0.0794. The molecule has 0 N–H and O–H groups in total. The van der Waals surface area contributed by atoms with Crippen molar-refractivity contribution in [2.75, 3.05) is 26.8 Å². The Balaban J connectivity index is 1.63. The van der Waals surface area contributed by atoms with Gasteiger partial charge in [0.1, 0.15) is 12.3 Å². The first-order chi connectivity index (χ1) is 11.3. The number of hydrogen-bond acceptors (Lipinski definition) is 6. The molecule has 7 heteroatoms. The molecule has 0 spiro atoms. The summed E-state index contributed by atoms with van der Waals surface area (Å²) in [6.07, 6.45) is 8.20. The van der Waals surface area contributed by atoms with Crippen LogP contribution < -0.4 is 0 Å². The Morgan fingerprint density at radius 2 is 2.13 bits per heavy atom.